The molecule has 0 radical (unpaired) electrons. The molecule has 2 aromatic carbocycles. The number of fused-ring (bicyclic) bond motifs is 1. The van der Waals surface area contributed by atoms with Crippen molar-refractivity contribution in [3.63, 3.8) is 0 Å². The van der Waals surface area contributed by atoms with Crippen molar-refractivity contribution in [2.75, 3.05) is 6.61 Å². The van der Waals surface area contributed by atoms with E-state index in [4.69, 9.17) is 4.74 Å². The summed E-state index contributed by atoms with van der Waals surface area (Å²) in [5, 5.41) is 2.50. The lowest BCUT2D eigenvalue weighted by atomic mass is 9.92. The van der Waals surface area contributed by atoms with Gasteiger partial charge in [0.05, 0.1) is 19.1 Å². The van der Waals surface area contributed by atoms with Crippen LogP contribution in [-0.4, -0.2) is 29.4 Å². The maximum absolute atomic E-state index is 13.3. The third-order valence-electron chi connectivity index (χ3n) is 6.37. The van der Waals surface area contributed by atoms with Gasteiger partial charge in [-0.15, -0.1) is 4.91 Å². The van der Waals surface area contributed by atoms with Crippen LogP contribution in [0.25, 0.3) is 0 Å². The van der Waals surface area contributed by atoms with Crippen LogP contribution in [0.2, 0.25) is 0 Å². The van der Waals surface area contributed by atoms with Gasteiger partial charge in [-0.25, -0.2) is 0 Å². The number of hydrogen-bond donors (Lipinski definition) is 0. The monoisotopic (exact) mass is 456 g/mol. The number of allylic oxidation sites excluding steroid dienone is 2. The maximum atomic E-state index is 13.3. The van der Waals surface area contributed by atoms with E-state index in [2.05, 4.69) is 37.2 Å². The summed E-state index contributed by atoms with van der Waals surface area (Å²) in [5.41, 5.74) is 6.80. The second-order valence-corrected chi connectivity index (χ2v) is 8.81. The zero-order valence-electron chi connectivity index (χ0n) is 19.7. The van der Waals surface area contributed by atoms with Gasteiger partial charge in [0.2, 0.25) is 0 Å². The molecule has 0 fully saturated rings. The van der Waals surface area contributed by atoms with Crippen LogP contribution in [0.5, 0.6) is 5.75 Å². The Morgan fingerprint density at radius 2 is 1.85 bits per heavy atom. The fourth-order valence-corrected chi connectivity index (χ4v) is 4.65. The van der Waals surface area contributed by atoms with Gasteiger partial charge >= 0.3 is 0 Å². The molecule has 0 aromatic heterocycles. The van der Waals surface area contributed by atoms with E-state index in [-0.39, 0.29) is 18.4 Å². The number of nitrogens with zero attached hydrogens (tertiary/aromatic N) is 2. The van der Waals surface area contributed by atoms with Gasteiger partial charge in [0.1, 0.15) is 5.75 Å². The number of rotatable bonds is 7. The van der Waals surface area contributed by atoms with Gasteiger partial charge in [-0.2, -0.15) is 0 Å². The van der Waals surface area contributed by atoms with Gasteiger partial charge in [0.25, 0.3) is 11.8 Å². The quantitative estimate of drug-likeness (QED) is 0.509. The number of ether oxygens (including phenoxy) is 1. The molecule has 1 aliphatic heterocycles. The summed E-state index contributed by atoms with van der Waals surface area (Å²) in [5.74, 6) is -0.0971. The van der Waals surface area contributed by atoms with Gasteiger partial charge in [0.15, 0.2) is 0 Å². The molecule has 6 heteroatoms. The fourth-order valence-electron chi connectivity index (χ4n) is 4.65. The highest BCUT2D eigenvalue weighted by Gasteiger charge is 2.35. The van der Waals surface area contributed by atoms with Crippen molar-refractivity contribution in [2.24, 2.45) is 5.18 Å². The number of benzene rings is 2. The predicted molar refractivity (Wildman–Crippen MR) is 131 cm³/mol. The summed E-state index contributed by atoms with van der Waals surface area (Å²) in [6.07, 6.45) is 7.12. The Bertz CT molecular complexity index is 1220. The molecule has 4 rings (SSSR count). The second kappa shape index (κ2) is 10.00. The molecule has 0 N–H and O–H groups in total. The molecule has 2 aliphatic rings. The first-order valence-corrected chi connectivity index (χ1v) is 11.4. The molecule has 1 atom stereocenters. The SMILES string of the molecule is CC1=CC2=C(CC(=O)N=O)C=CCC2N1C(=O)c1ccc(OCCc2ccc(C)cc2C)cc1. The van der Waals surface area contributed by atoms with Gasteiger partial charge in [-0.05, 0) is 79.8 Å². The van der Waals surface area contributed by atoms with E-state index in [9.17, 15) is 14.5 Å². The van der Waals surface area contributed by atoms with E-state index in [0.717, 1.165) is 29.0 Å². The highest BCUT2D eigenvalue weighted by Crippen LogP contribution is 2.36. The summed E-state index contributed by atoms with van der Waals surface area (Å²) in [6.45, 7) is 6.64. The fraction of sp³-hybridized carbons (Fsp3) is 0.286. The Kier molecular flexibility index (Phi) is 6.87. The van der Waals surface area contributed by atoms with Crippen LogP contribution < -0.4 is 4.74 Å². The van der Waals surface area contributed by atoms with Gasteiger partial charge in [0, 0.05) is 22.9 Å². The van der Waals surface area contributed by atoms with Crippen molar-refractivity contribution in [3.8, 4) is 5.75 Å². The van der Waals surface area contributed by atoms with Crippen LogP contribution >= 0.6 is 0 Å². The Morgan fingerprint density at radius 3 is 2.56 bits per heavy atom. The summed E-state index contributed by atoms with van der Waals surface area (Å²) < 4.78 is 5.90. The number of carbonyl (C=O) groups excluding carboxylic acids is 2. The number of hydrogen-bond acceptors (Lipinski definition) is 4. The number of amides is 2. The summed E-state index contributed by atoms with van der Waals surface area (Å²) in [4.78, 5) is 37.2. The highest BCUT2D eigenvalue weighted by atomic mass is 16.5. The van der Waals surface area contributed by atoms with E-state index in [1.807, 2.05) is 37.3 Å². The molecule has 174 valence electrons. The predicted octanol–water partition coefficient (Wildman–Crippen LogP) is 5.59. The molecule has 0 spiro atoms. The van der Waals surface area contributed by atoms with Crippen LogP contribution in [0, 0.1) is 18.8 Å². The Labute approximate surface area is 199 Å². The van der Waals surface area contributed by atoms with Crippen molar-refractivity contribution in [1.29, 1.82) is 0 Å². The molecular formula is C28H28N2O4. The van der Waals surface area contributed by atoms with Crippen LogP contribution in [0.3, 0.4) is 0 Å². The topological polar surface area (TPSA) is 76.0 Å². The smallest absolute Gasteiger partial charge is 0.290 e. The van der Waals surface area contributed by atoms with Crippen LogP contribution in [0.4, 0.5) is 0 Å². The summed E-state index contributed by atoms with van der Waals surface area (Å²) in [6, 6.07) is 13.4. The van der Waals surface area contributed by atoms with E-state index in [1.165, 1.54) is 16.7 Å². The second-order valence-electron chi connectivity index (χ2n) is 8.81. The Hall–Kier alpha value is -3.80. The number of nitroso groups, excluding NO2 is 1. The first kappa shape index (κ1) is 23.4. The van der Waals surface area contributed by atoms with Crippen LogP contribution in [0.15, 0.2) is 82.7 Å². The van der Waals surface area contributed by atoms with Crippen LogP contribution in [0.1, 0.15) is 46.8 Å². The van der Waals surface area contributed by atoms with Crippen LogP contribution in [-0.2, 0) is 11.2 Å². The minimum absolute atomic E-state index is 0.0498. The lowest BCUT2D eigenvalue weighted by Crippen LogP contribution is -2.36. The molecule has 1 heterocycles. The summed E-state index contributed by atoms with van der Waals surface area (Å²) in [7, 11) is 0. The van der Waals surface area contributed by atoms with Crippen molar-refractivity contribution < 1.29 is 14.3 Å². The molecule has 2 aromatic rings. The van der Waals surface area contributed by atoms with E-state index in [1.54, 1.807) is 17.0 Å². The first-order valence-electron chi connectivity index (χ1n) is 11.4. The average Bonchev–Trinajstić information content (AvgIpc) is 3.17. The normalized spacial score (nSPS) is 16.9. The third kappa shape index (κ3) is 4.91. The van der Waals surface area contributed by atoms with Crippen molar-refractivity contribution in [3.05, 3.63) is 105 Å². The van der Waals surface area contributed by atoms with Crippen molar-refractivity contribution in [1.82, 2.24) is 4.90 Å². The zero-order chi connectivity index (χ0) is 24.2. The molecule has 1 unspecified atom stereocenters. The van der Waals surface area contributed by atoms with Gasteiger partial charge < -0.3 is 9.64 Å². The Morgan fingerprint density at radius 1 is 1.09 bits per heavy atom. The first-order chi connectivity index (χ1) is 16.4. The minimum atomic E-state index is -0.711. The number of carbonyl (C=O) groups is 2. The van der Waals surface area contributed by atoms with E-state index in [0.29, 0.717) is 18.6 Å². The molecule has 1 aliphatic carbocycles. The molecule has 34 heavy (non-hydrogen) atoms. The standard InChI is InChI=1S/C28H28N2O4/c1-18-7-8-21(19(2)15-18)13-14-34-24-11-9-22(10-12-24)28(32)30-20(3)16-25-23(17-27(31)29-33)5-4-6-26(25)30/h4-5,7-12,15-16,26H,6,13-14,17H2,1-3H3. The lowest BCUT2D eigenvalue weighted by molar-refractivity contribution is -0.117. The van der Waals surface area contributed by atoms with Gasteiger partial charge in [-0.1, -0.05) is 35.9 Å². The van der Waals surface area contributed by atoms with Crippen molar-refractivity contribution in [2.45, 2.75) is 46.1 Å². The largest absolute Gasteiger partial charge is 0.493 e. The molecule has 6 nitrogen and oxygen atoms in total. The Balaban J connectivity index is 1.41. The van der Waals surface area contributed by atoms with E-state index >= 15 is 0 Å². The van der Waals surface area contributed by atoms with Gasteiger partial charge in [-0.3, -0.25) is 9.59 Å². The molecule has 0 bridgehead atoms. The molecular weight excluding hydrogens is 428 g/mol. The van der Waals surface area contributed by atoms with E-state index < -0.39 is 5.91 Å². The summed E-state index contributed by atoms with van der Waals surface area (Å²) >= 11 is 0. The molecule has 0 saturated carbocycles. The third-order valence-corrected chi connectivity index (χ3v) is 6.37. The van der Waals surface area contributed by atoms with Crippen molar-refractivity contribution >= 4 is 11.8 Å². The maximum Gasteiger partial charge on any atom is 0.290 e. The minimum Gasteiger partial charge on any atom is -0.493 e. The number of aryl methyl sites for hydroxylation is 2. The zero-order valence-corrected chi connectivity index (χ0v) is 19.7. The lowest BCUT2D eigenvalue weighted by Gasteiger charge is -2.29. The highest BCUT2D eigenvalue weighted by molar-refractivity contribution is 5.96. The molecule has 0 saturated heterocycles. The molecule has 2 amide bonds. The average molecular weight is 457 g/mol.